The largest absolute Gasteiger partial charge is 0.389 e. The van der Waals surface area contributed by atoms with Gasteiger partial charge in [0.05, 0.1) is 12.1 Å². The van der Waals surface area contributed by atoms with Crippen molar-refractivity contribution in [2.24, 2.45) is 0 Å². The molecule has 2 N–H and O–H groups in total. The van der Waals surface area contributed by atoms with Crippen molar-refractivity contribution in [3.05, 3.63) is 0 Å². The number of hydrogen-bond acceptors (Lipinski definition) is 3. The Morgan fingerprint density at radius 3 is 2.67 bits per heavy atom. The van der Waals surface area contributed by atoms with Crippen molar-refractivity contribution in [3.8, 4) is 0 Å². The molecular formula is C11H22N2O2. The Balaban J connectivity index is 2.27. The van der Waals surface area contributed by atoms with Crippen LogP contribution in [0, 0.1) is 0 Å². The van der Waals surface area contributed by atoms with Crippen molar-refractivity contribution >= 4 is 5.91 Å². The van der Waals surface area contributed by atoms with E-state index in [4.69, 9.17) is 5.11 Å². The van der Waals surface area contributed by atoms with E-state index in [-0.39, 0.29) is 18.1 Å². The van der Waals surface area contributed by atoms with Crippen molar-refractivity contribution in [1.82, 2.24) is 10.2 Å². The summed E-state index contributed by atoms with van der Waals surface area (Å²) < 4.78 is 0. The van der Waals surface area contributed by atoms with Crippen LogP contribution in [0.15, 0.2) is 0 Å². The van der Waals surface area contributed by atoms with Crippen molar-refractivity contribution in [2.75, 3.05) is 20.1 Å². The summed E-state index contributed by atoms with van der Waals surface area (Å²) in [5, 5.41) is 12.2. The van der Waals surface area contributed by atoms with Crippen molar-refractivity contribution in [3.63, 3.8) is 0 Å². The normalized spacial score (nSPS) is 18.7. The molecule has 0 aromatic rings. The summed E-state index contributed by atoms with van der Waals surface area (Å²) in [5.41, 5.74) is 0. The van der Waals surface area contributed by atoms with Crippen LogP contribution in [0.25, 0.3) is 0 Å². The first-order valence-corrected chi connectivity index (χ1v) is 5.83. The third kappa shape index (κ3) is 3.47. The molecule has 1 heterocycles. The van der Waals surface area contributed by atoms with Gasteiger partial charge in [0, 0.05) is 13.1 Å². The number of hydrogen-bond donors (Lipinski definition) is 2. The second-order valence-corrected chi connectivity index (χ2v) is 4.23. The topological polar surface area (TPSA) is 52.6 Å². The Morgan fingerprint density at radius 1 is 1.53 bits per heavy atom. The first-order chi connectivity index (χ1) is 7.19. The maximum atomic E-state index is 11.8. The van der Waals surface area contributed by atoms with E-state index in [2.05, 4.69) is 12.2 Å². The highest BCUT2D eigenvalue weighted by molar-refractivity contribution is 5.82. The van der Waals surface area contributed by atoms with Crippen molar-refractivity contribution in [1.29, 1.82) is 0 Å². The highest BCUT2D eigenvalue weighted by Crippen LogP contribution is 2.12. The molecule has 1 aliphatic rings. The van der Waals surface area contributed by atoms with Crippen LogP contribution in [0.4, 0.5) is 0 Å². The Morgan fingerprint density at radius 2 is 2.20 bits per heavy atom. The van der Waals surface area contributed by atoms with Crippen LogP contribution in [0.1, 0.15) is 32.6 Å². The molecule has 1 atom stereocenters. The van der Waals surface area contributed by atoms with Gasteiger partial charge in [0.2, 0.25) is 5.91 Å². The number of likely N-dealkylation sites (tertiary alicyclic amines) is 1. The molecule has 0 radical (unpaired) electrons. The minimum atomic E-state index is -0.304. The third-order valence-electron chi connectivity index (χ3n) is 2.92. The monoisotopic (exact) mass is 214 g/mol. The summed E-state index contributed by atoms with van der Waals surface area (Å²) in [7, 11) is 1.82. The zero-order valence-corrected chi connectivity index (χ0v) is 9.70. The molecule has 0 aromatic carbocycles. The SMILES string of the molecule is CCCCCC(NC)C(=O)N1CC(O)C1. The van der Waals surface area contributed by atoms with Gasteiger partial charge in [0.1, 0.15) is 0 Å². The molecule has 15 heavy (non-hydrogen) atoms. The number of aliphatic hydroxyl groups excluding tert-OH is 1. The predicted molar refractivity (Wildman–Crippen MR) is 59.6 cm³/mol. The molecule has 0 saturated carbocycles. The van der Waals surface area contributed by atoms with Gasteiger partial charge in [-0.05, 0) is 13.5 Å². The average molecular weight is 214 g/mol. The predicted octanol–water partition coefficient (Wildman–Crippen LogP) is 0.358. The van der Waals surface area contributed by atoms with Crippen LogP contribution in [-0.4, -0.2) is 48.2 Å². The molecule has 0 aliphatic carbocycles. The quantitative estimate of drug-likeness (QED) is 0.628. The van der Waals surface area contributed by atoms with Crippen LogP contribution in [0.3, 0.4) is 0 Å². The molecule has 0 spiro atoms. The second kappa shape index (κ2) is 6.08. The molecule has 1 fully saturated rings. The summed E-state index contributed by atoms with van der Waals surface area (Å²) in [5.74, 6) is 0.138. The Bertz CT molecular complexity index is 203. The highest BCUT2D eigenvalue weighted by Gasteiger charge is 2.32. The third-order valence-corrected chi connectivity index (χ3v) is 2.92. The number of unbranched alkanes of at least 4 members (excludes halogenated alkanes) is 2. The highest BCUT2D eigenvalue weighted by atomic mass is 16.3. The van der Waals surface area contributed by atoms with Crippen LogP contribution in [0.5, 0.6) is 0 Å². The number of β-amino-alcohol motifs (C(OH)–C–C–N with tert-alkyl or cyclic N) is 1. The minimum Gasteiger partial charge on any atom is -0.389 e. The molecule has 1 rings (SSSR count). The zero-order chi connectivity index (χ0) is 11.3. The summed E-state index contributed by atoms with van der Waals surface area (Å²) >= 11 is 0. The number of carbonyl (C=O) groups is 1. The van der Waals surface area contributed by atoms with Gasteiger partial charge in [0.15, 0.2) is 0 Å². The molecule has 1 unspecified atom stereocenters. The van der Waals surface area contributed by atoms with Gasteiger partial charge in [0.25, 0.3) is 0 Å². The standard InChI is InChI=1S/C11H22N2O2/c1-3-4-5-6-10(12-2)11(15)13-7-9(14)8-13/h9-10,12,14H,3-8H2,1-2H3. The smallest absolute Gasteiger partial charge is 0.239 e. The second-order valence-electron chi connectivity index (χ2n) is 4.23. The molecular weight excluding hydrogens is 192 g/mol. The molecule has 1 aliphatic heterocycles. The van der Waals surface area contributed by atoms with E-state index in [0.29, 0.717) is 13.1 Å². The van der Waals surface area contributed by atoms with Crippen molar-refractivity contribution < 1.29 is 9.90 Å². The van der Waals surface area contributed by atoms with Gasteiger partial charge < -0.3 is 15.3 Å². The van der Waals surface area contributed by atoms with Crippen LogP contribution in [-0.2, 0) is 4.79 Å². The van der Waals surface area contributed by atoms with E-state index >= 15 is 0 Å². The number of rotatable bonds is 6. The fraction of sp³-hybridized carbons (Fsp3) is 0.909. The van der Waals surface area contributed by atoms with E-state index < -0.39 is 0 Å². The van der Waals surface area contributed by atoms with Gasteiger partial charge in [-0.1, -0.05) is 26.2 Å². The van der Waals surface area contributed by atoms with E-state index in [1.165, 1.54) is 12.8 Å². The van der Waals surface area contributed by atoms with Gasteiger partial charge in [-0.2, -0.15) is 0 Å². The Kier molecular flexibility index (Phi) is 5.05. The first kappa shape index (κ1) is 12.5. The Hall–Kier alpha value is -0.610. The number of amides is 1. The molecule has 4 nitrogen and oxygen atoms in total. The zero-order valence-electron chi connectivity index (χ0n) is 9.70. The van der Waals surface area contributed by atoms with Crippen LogP contribution < -0.4 is 5.32 Å². The molecule has 88 valence electrons. The van der Waals surface area contributed by atoms with E-state index in [1.807, 2.05) is 7.05 Å². The lowest BCUT2D eigenvalue weighted by Gasteiger charge is -2.38. The molecule has 1 amide bonds. The molecule has 4 heteroatoms. The molecule has 0 bridgehead atoms. The number of carbonyl (C=O) groups excluding carboxylic acids is 1. The van der Waals surface area contributed by atoms with E-state index in [1.54, 1.807) is 4.90 Å². The van der Waals surface area contributed by atoms with Crippen LogP contribution >= 0.6 is 0 Å². The summed E-state index contributed by atoms with van der Waals surface area (Å²) in [6.07, 6.45) is 4.03. The first-order valence-electron chi connectivity index (χ1n) is 5.83. The van der Waals surface area contributed by atoms with Gasteiger partial charge in [-0.3, -0.25) is 4.79 Å². The lowest BCUT2D eigenvalue weighted by Crippen LogP contribution is -2.58. The van der Waals surface area contributed by atoms with Gasteiger partial charge >= 0.3 is 0 Å². The average Bonchev–Trinajstić information content (AvgIpc) is 2.19. The fourth-order valence-electron chi connectivity index (χ4n) is 1.85. The summed E-state index contributed by atoms with van der Waals surface area (Å²) in [4.78, 5) is 13.6. The number of likely N-dealkylation sites (N-methyl/N-ethyl adjacent to an activating group) is 1. The Labute approximate surface area is 91.6 Å². The summed E-state index contributed by atoms with van der Waals surface area (Å²) in [6.45, 7) is 3.16. The van der Waals surface area contributed by atoms with E-state index in [9.17, 15) is 4.79 Å². The molecule has 1 saturated heterocycles. The fourth-order valence-corrected chi connectivity index (χ4v) is 1.85. The number of nitrogens with zero attached hydrogens (tertiary/aromatic N) is 1. The lowest BCUT2D eigenvalue weighted by atomic mass is 10.0. The maximum Gasteiger partial charge on any atom is 0.239 e. The summed E-state index contributed by atoms with van der Waals surface area (Å²) in [6, 6.07) is -0.0657. The lowest BCUT2D eigenvalue weighted by molar-refractivity contribution is -0.143. The van der Waals surface area contributed by atoms with Gasteiger partial charge in [-0.25, -0.2) is 0 Å². The van der Waals surface area contributed by atoms with E-state index in [0.717, 1.165) is 12.8 Å². The van der Waals surface area contributed by atoms with Gasteiger partial charge in [-0.15, -0.1) is 0 Å². The maximum absolute atomic E-state index is 11.8. The molecule has 0 aromatic heterocycles. The number of nitrogens with one attached hydrogen (secondary N) is 1. The number of aliphatic hydroxyl groups is 1. The van der Waals surface area contributed by atoms with Crippen molar-refractivity contribution in [2.45, 2.75) is 44.8 Å². The minimum absolute atomic E-state index is 0.0657. The van der Waals surface area contributed by atoms with Crippen LogP contribution in [0.2, 0.25) is 0 Å².